The third-order valence-electron chi connectivity index (χ3n) is 19.8. The summed E-state index contributed by atoms with van der Waals surface area (Å²) in [5, 5.41) is 9.79. The largest absolute Gasteiger partial charge is 0.477 e. The van der Waals surface area contributed by atoms with Gasteiger partial charge in [-0.15, -0.1) is 0 Å². The van der Waals surface area contributed by atoms with E-state index < -0.39 is 18.4 Å². The van der Waals surface area contributed by atoms with Gasteiger partial charge in [0.1, 0.15) is 13.2 Å². The molecule has 0 radical (unpaired) electrons. The van der Waals surface area contributed by atoms with E-state index in [-0.39, 0.29) is 38.2 Å². The van der Waals surface area contributed by atoms with Crippen LogP contribution in [-0.4, -0.2) is 87.4 Å². The molecule has 0 heterocycles. The first kappa shape index (κ1) is 95.2. The summed E-state index contributed by atoms with van der Waals surface area (Å²) in [5.41, 5.74) is 0. The Morgan fingerprint density at radius 1 is 0.316 bits per heavy atom. The number of quaternary nitrogens is 1. The quantitative estimate of drug-likeness (QED) is 0.0211. The first-order valence-electron chi connectivity index (χ1n) is 43.3. The molecule has 0 saturated heterocycles. The summed E-state index contributed by atoms with van der Waals surface area (Å²) in [6.45, 7) is 4.85. The van der Waals surface area contributed by atoms with Crippen LogP contribution in [-0.2, 0) is 33.3 Å². The minimum absolute atomic E-state index is 0.175. The molecule has 0 aliphatic carbocycles. The van der Waals surface area contributed by atoms with Crippen LogP contribution in [0.25, 0.3) is 0 Å². The molecule has 0 fully saturated rings. The van der Waals surface area contributed by atoms with E-state index in [4.69, 9.17) is 18.9 Å². The van der Waals surface area contributed by atoms with Crippen molar-refractivity contribution in [2.45, 2.75) is 456 Å². The number of esters is 2. The van der Waals surface area contributed by atoms with Crippen LogP contribution in [0.2, 0.25) is 0 Å². The van der Waals surface area contributed by atoms with Gasteiger partial charge in [0.05, 0.1) is 34.4 Å². The van der Waals surface area contributed by atoms with E-state index in [0.717, 1.165) is 64.2 Å². The van der Waals surface area contributed by atoms with E-state index in [1.165, 1.54) is 353 Å². The van der Waals surface area contributed by atoms with E-state index in [1.54, 1.807) is 0 Å². The van der Waals surface area contributed by atoms with E-state index in [2.05, 4.69) is 62.5 Å². The van der Waals surface area contributed by atoms with Crippen LogP contribution in [0.15, 0.2) is 48.6 Å². The standard InChI is InChI=1S/C89H167NO8/c1-6-8-10-12-14-16-18-20-22-24-26-28-30-32-34-36-38-40-42-44-46-48-50-52-54-56-58-60-62-64-66-68-70-72-74-76-78-80-87(92)98-85(84-97-89(88(93)94)95-82-81-90(3,4)5)83-96-86(91)79-77-75-73-71-69-67-65-63-61-59-57-55-53-51-49-47-45-43-41-39-37-35-33-31-29-27-25-23-21-19-17-15-13-11-9-7-2/h8,10,14,16,20,22,26,28,85,89H,6-7,9,11-13,15,17-19,21,23-25,27,29-84H2,1-5H3/p+1/b10-8-,16-14-,22-20-,28-26-. The van der Waals surface area contributed by atoms with Crippen molar-refractivity contribution in [2.75, 3.05) is 47.5 Å². The Labute approximate surface area is 610 Å². The van der Waals surface area contributed by atoms with Crippen LogP contribution >= 0.6 is 0 Å². The van der Waals surface area contributed by atoms with Crippen LogP contribution in [0.4, 0.5) is 0 Å². The number of likely N-dealkylation sites (N-methyl/N-ethyl adjacent to an activating group) is 1. The first-order valence-corrected chi connectivity index (χ1v) is 43.3. The maximum atomic E-state index is 13.0. The number of hydrogen-bond acceptors (Lipinski definition) is 7. The lowest BCUT2D eigenvalue weighted by Gasteiger charge is -2.25. The molecule has 576 valence electrons. The second kappa shape index (κ2) is 79.9. The second-order valence-corrected chi connectivity index (χ2v) is 30.8. The van der Waals surface area contributed by atoms with Gasteiger partial charge >= 0.3 is 17.9 Å². The molecule has 0 saturated carbocycles. The number of carboxylic acid groups (broad SMARTS) is 1. The maximum Gasteiger partial charge on any atom is 0.361 e. The molecular weight excluding hydrogens is 1210 g/mol. The fraction of sp³-hybridized carbons (Fsp3) is 0.876. The average Bonchev–Trinajstić information content (AvgIpc) is 1.26. The zero-order valence-corrected chi connectivity index (χ0v) is 66.2. The van der Waals surface area contributed by atoms with Gasteiger partial charge in [-0.25, -0.2) is 4.79 Å². The molecular formula is C89H168NO8+. The Morgan fingerprint density at radius 3 is 0.867 bits per heavy atom. The number of carboxylic acids is 1. The lowest BCUT2D eigenvalue weighted by Crippen LogP contribution is -2.40. The second-order valence-electron chi connectivity index (χ2n) is 30.8. The number of unbranched alkanes of at least 4 members (excludes halogenated alkanes) is 59. The van der Waals surface area contributed by atoms with E-state index >= 15 is 0 Å². The monoisotopic (exact) mass is 1380 g/mol. The number of ether oxygens (including phenoxy) is 4. The van der Waals surface area contributed by atoms with Crippen LogP contribution < -0.4 is 0 Å². The number of allylic oxidation sites excluding steroid dienone is 8. The zero-order chi connectivity index (χ0) is 71.1. The van der Waals surface area contributed by atoms with Gasteiger partial charge in [-0.1, -0.05) is 428 Å². The highest BCUT2D eigenvalue weighted by Gasteiger charge is 2.25. The summed E-state index contributed by atoms with van der Waals surface area (Å²) >= 11 is 0. The van der Waals surface area contributed by atoms with Crippen LogP contribution in [0, 0.1) is 0 Å². The highest BCUT2D eigenvalue weighted by atomic mass is 16.7. The summed E-state index contributed by atoms with van der Waals surface area (Å²) in [6, 6.07) is 0. The molecule has 0 rings (SSSR count). The Balaban J connectivity index is 3.91. The third kappa shape index (κ3) is 80.6. The molecule has 2 atom stereocenters. The van der Waals surface area contributed by atoms with Crippen molar-refractivity contribution in [2.24, 2.45) is 0 Å². The Morgan fingerprint density at radius 2 is 0.582 bits per heavy atom. The SMILES string of the molecule is CC/C=C\C/C=C\C/C=C\C/C=C\CCCCCCCCCCCCCCCCCCCCCCCCCCC(=O)OC(COC(=O)CCCCCCCCCCCCCCCCCCCCCCCCCCCCCCCCCCCCCC)COC(OCC[N+](C)(C)C)C(=O)O. The van der Waals surface area contributed by atoms with E-state index in [0.29, 0.717) is 17.4 Å². The molecule has 98 heavy (non-hydrogen) atoms. The predicted octanol–water partition coefficient (Wildman–Crippen LogP) is 28.0. The average molecular weight is 1380 g/mol. The van der Waals surface area contributed by atoms with Gasteiger partial charge < -0.3 is 28.5 Å². The number of carbonyl (C=O) groups excluding carboxylic acids is 2. The Kier molecular flexibility index (Phi) is 77.7. The van der Waals surface area contributed by atoms with Gasteiger partial charge in [0.15, 0.2) is 6.10 Å². The lowest BCUT2D eigenvalue weighted by molar-refractivity contribution is -0.870. The van der Waals surface area contributed by atoms with E-state index in [1.807, 2.05) is 21.1 Å². The normalized spacial score (nSPS) is 12.8. The summed E-state index contributed by atoms with van der Waals surface area (Å²) in [7, 11) is 6.00. The summed E-state index contributed by atoms with van der Waals surface area (Å²) in [6.07, 6.45) is 103. The highest BCUT2D eigenvalue weighted by molar-refractivity contribution is 5.71. The summed E-state index contributed by atoms with van der Waals surface area (Å²) in [5.74, 6) is -1.97. The fourth-order valence-corrected chi connectivity index (χ4v) is 13.3. The Hall–Kier alpha value is -2.75. The molecule has 9 nitrogen and oxygen atoms in total. The smallest absolute Gasteiger partial charge is 0.361 e. The molecule has 1 N–H and O–H groups in total. The first-order chi connectivity index (χ1) is 48.1. The minimum Gasteiger partial charge on any atom is -0.477 e. The molecule has 0 aliphatic heterocycles. The van der Waals surface area contributed by atoms with Gasteiger partial charge in [0.2, 0.25) is 0 Å². The Bertz CT molecular complexity index is 1750. The van der Waals surface area contributed by atoms with Crippen LogP contribution in [0.1, 0.15) is 444 Å². The van der Waals surface area contributed by atoms with Crippen molar-refractivity contribution >= 4 is 17.9 Å². The number of carbonyl (C=O) groups is 3. The topological polar surface area (TPSA) is 108 Å². The van der Waals surface area contributed by atoms with Crippen LogP contribution in [0.5, 0.6) is 0 Å². The van der Waals surface area contributed by atoms with Crippen molar-refractivity contribution in [3.63, 3.8) is 0 Å². The number of nitrogens with zero attached hydrogens (tertiary/aromatic N) is 1. The van der Waals surface area contributed by atoms with Gasteiger partial charge in [-0.05, 0) is 51.4 Å². The fourth-order valence-electron chi connectivity index (χ4n) is 13.3. The lowest BCUT2D eigenvalue weighted by atomic mass is 10.0. The van der Waals surface area contributed by atoms with Gasteiger partial charge in [0, 0.05) is 12.8 Å². The summed E-state index contributed by atoms with van der Waals surface area (Å²) in [4.78, 5) is 37.8. The molecule has 9 heteroatoms. The number of aliphatic carboxylic acids is 1. The van der Waals surface area contributed by atoms with Gasteiger partial charge in [0.25, 0.3) is 6.29 Å². The van der Waals surface area contributed by atoms with E-state index in [9.17, 15) is 19.5 Å². The molecule has 0 amide bonds. The highest BCUT2D eigenvalue weighted by Crippen LogP contribution is 2.21. The van der Waals surface area contributed by atoms with Gasteiger partial charge in [-0.3, -0.25) is 9.59 Å². The number of rotatable bonds is 82. The van der Waals surface area contributed by atoms with Crippen LogP contribution in [0.3, 0.4) is 0 Å². The molecule has 0 aromatic rings. The van der Waals surface area contributed by atoms with Crippen molar-refractivity contribution < 1.29 is 42.9 Å². The zero-order valence-electron chi connectivity index (χ0n) is 66.2. The maximum absolute atomic E-state index is 13.0. The molecule has 0 bridgehead atoms. The minimum atomic E-state index is -1.51. The summed E-state index contributed by atoms with van der Waals surface area (Å²) < 4.78 is 23.1. The van der Waals surface area contributed by atoms with Crippen molar-refractivity contribution in [3.8, 4) is 0 Å². The van der Waals surface area contributed by atoms with Crippen molar-refractivity contribution in [3.05, 3.63) is 48.6 Å². The third-order valence-corrected chi connectivity index (χ3v) is 19.8. The molecule has 2 unspecified atom stereocenters. The molecule has 0 aliphatic rings. The predicted molar refractivity (Wildman–Crippen MR) is 424 cm³/mol. The number of hydrogen-bond donors (Lipinski definition) is 1. The van der Waals surface area contributed by atoms with Crippen molar-refractivity contribution in [1.82, 2.24) is 0 Å². The molecule has 0 spiro atoms. The van der Waals surface area contributed by atoms with Crippen molar-refractivity contribution in [1.29, 1.82) is 0 Å². The molecule has 0 aromatic carbocycles. The van der Waals surface area contributed by atoms with Gasteiger partial charge in [-0.2, -0.15) is 0 Å². The molecule has 0 aromatic heterocycles.